The van der Waals surface area contributed by atoms with Crippen LogP contribution in [-0.4, -0.2) is 10.9 Å². The largest absolute Gasteiger partial charge is 0.370 e. The summed E-state index contributed by atoms with van der Waals surface area (Å²) in [5.41, 5.74) is 7.83. The van der Waals surface area contributed by atoms with Crippen LogP contribution < -0.4 is 11.1 Å². The molecule has 2 aromatic rings. The number of para-hydroxylation sites is 1. The van der Waals surface area contributed by atoms with Crippen LogP contribution in [0.15, 0.2) is 40.7 Å². The summed E-state index contributed by atoms with van der Waals surface area (Å²) < 4.78 is 0. The van der Waals surface area contributed by atoms with Crippen LogP contribution in [0.3, 0.4) is 0 Å². The molecule has 1 aromatic carbocycles. The molecule has 114 valence electrons. The van der Waals surface area contributed by atoms with Crippen LogP contribution in [0, 0.1) is 0 Å². The van der Waals surface area contributed by atoms with Gasteiger partial charge in [-0.1, -0.05) is 39.0 Å². The molecule has 0 saturated carbocycles. The van der Waals surface area contributed by atoms with E-state index in [0.717, 1.165) is 16.4 Å². The normalized spacial score (nSPS) is 11.9. The highest BCUT2D eigenvalue weighted by atomic mass is 127. The fourth-order valence-corrected chi connectivity index (χ4v) is 2.50. The Hall–Kier alpha value is -1.15. The third-order valence-electron chi connectivity index (χ3n) is 2.65. The van der Waals surface area contributed by atoms with Crippen LogP contribution in [0.4, 0.5) is 5.69 Å². The van der Waals surface area contributed by atoms with E-state index in [1.54, 1.807) is 11.3 Å². The first kappa shape index (κ1) is 17.9. The highest BCUT2D eigenvalue weighted by Crippen LogP contribution is 2.25. The van der Waals surface area contributed by atoms with Gasteiger partial charge in [0.2, 0.25) is 0 Å². The smallest absolute Gasteiger partial charge is 0.193 e. The Labute approximate surface area is 146 Å². The summed E-state index contributed by atoms with van der Waals surface area (Å²) >= 11 is 1.67. The van der Waals surface area contributed by atoms with E-state index in [-0.39, 0.29) is 29.4 Å². The van der Waals surface area contributed by atoms with E-state index in [2.05, 4.69) is 36.1 Å². The number of benzene rings is 1. The molecular weight excluding hydrogens is 395 g/mol. The lowest BCUT2D eigenvalue weighted by Crippen LogP contribution is -2.22. The number of guanidine groups is 1. The van der Waals surface area contributed by atoms with Crippen molar-refractivity contribution in [2.45, 2.75) is 32.7 Å². The van der Waals surface area contributed by atoms with Crippen LogP contribution in [0.2, 0.25) is 0 Å². The number of nitrogens with one attached hydrogen (secondary N) is 1. The van der Waals surface area contributed by atoms with Crippen LogP contribution in [0.25, 0.3) is 0 Å². The zero-order valence-corrected chi connectivity index (χ0v) is 15.6. The van der Waals surface area contributed by atoms with E-state index in [0.29, 0.717) is 12.5 Å². The highest BCUT2D eigenvalue weighted by Gasteiger charge is 2.17. The molecule has 0 aliphatic carbocycles. The summed E-state index contributed by atoms with van der Waals surface area (Å²) in [6.45, 7) is 6.97. The van der Waals surface area contributed by atoms with Crippen molar-refractivity contribution in [2.75, 3.05) is 5.32 Å². The summed E-state index contributed by atoms with van der Waals surface area (Å²) in [6.07, 6.45) is 0. The van der Waals surface area contributed by atoms with Crippen molar-refractivity contribution in [1.29, 1.82) is 0 Å². The molecule has 0 unspecified atom stereocenters. The minimum atomic E-state index is 0. The first-order valence-electron chi connectivity index (χ1n) is 6.52. The van der Waals surface area contributed by atoms with Gasteiger partial charge >= 0.3 is 0 Å². The van der Waals surface area contributed by atoms with Gasteiger partial charge in [0.25, 0.3) is 0 Å². The number of halogens is 1. The minimum absolute atomic E-state index is 0. The number of hydrogen-bond donors (Lipinski definition) is 2. The first-order chi connectivity index (χ1) is 9.45. The summed E-state index contributed by atoms with van der Waals surface area (Å²) in [5.74, 6) is 0.404. The summed E-state index contributed by atoms with van der Waals surface area (Å²) in [4.78, 5) is 8.90. The van der Waals surface area contributed by atoms with Crippen molar-refractivity contribution in [1.82, 2.24) is 4.98 Å². The van der Waals surface area contributed by atoms with E-state index < -0.39 is 0 Å². The molecule has 0 radical (unpaired) electrons. The minimum Gasteiger partial charge on any atom is -0.370 e. The second-order valence-electron chi connectivity index (χ2n) is 5.59. The molecule has 6 heteroatoms. The molecule has 0 spiro atoms. The molecule has 4 nitrogen and oxygen atoms in total. The molecule has 0 fully saturated rings. The number of aromatic nitrogens is 1. The zero-order chi connectivity index (χ0) is 14.6. The van der Waals surface area contributed by atoms with E-state index in [1.165, 1.54) is 0 Å². The fraction of sp³-hybridized carbons (Fsp3) is 0.333. The van der Waals surface area contributed by atoms with Gasteiger partial charge in [0.15, 0.2) is 5.96 Å². The monoisotopic (exact) mass is 416 g/mol. The number of hydrogen-bond acceptors (Lipinski definition) is 3. The van der Waals surface area contributed by atoms with Crippen molar-refractivity contribution in [2.24, 2.45) is 10.7 Å². The zero-order valence-electron chi connectivity index (χ0n) is 12.5. The van der Waals surface area contributed by atoms with E-state index in [4.69, 9.17) is 5.73 Å². The van der Waals surface area contributed by atoms with Gasteiger partial charge in [-0.15, -0.1) is 35.3 Å². The highest BCUT2D eigenvalue weighted by molar-refractivity contribution is 14.0. The molecule has 0 aliphatic rings. The van der Waals surface area contributed by atoms with Gasteiger partial charge in [-0.05, 0) is 12.1 Å². The number of anilines is 1. The Bertz CT molecular complexity index is 587. The van der Waals surface area contributed by atoms with Crippen molar-refractivity contribution in [3.63, 3.8) is 0 Å². The SMILES string of the molecule is CC(C)(C)c1nc(CN=C(N)Nc2ccccc2)cs1.I. The molecule has 3 N–H and O–H groups in total. The maximum Gasteiger partial charge on any atom is 0.193 e. The van der Waals surface area contributed by atoms with Crippen LogP contribution in [-0.2, 0) is 12.0 Å². The Balaban J connectivity index is 0.00000220. The predicted octanol–water partition coefficient (Wildman–Crippen LogP) is 3.99. The number of rotatable bonds is 3. The molecule has 1 heterocycles. The Morgan fingerprint density at radius 1 is 1.29 bits per heavy atom. The fourth-order valence-electron chi connectivity index (χ4n) is 1.60. The predicted molar refractivity (Wildman–Crippen MR) is 102 cm³/mol. The van der Waals surface area contributed by atoms with Crippen molar-refractivity contribution >= 4 is 47.0 Å². The van der Waals surface area contributed by atoms with E-state index in [9.17, 15) is 0 Å². The van der Waals surface area contributed by atoms with Gasteiger partial charge in [0.05, 0.1) is 17.2 Å². The van der Waals surface area contributed by atoms with Gasteiger partial charge in [0, 0.05) is 16.5 Å². The number of aliphatic imine (C=N–C) groups is 1. The quantitative estimate of drug-likeness (QED) is 0.452. The molecule has 0 saturated heterocycles. The summed E-state index contributed by atoms with van der Waals surface area (Å²) in [5, 5.41) is 6.22. The second-order valence-corrected chi connectivity index (χ2v) is 6.44. The maximum absolute atomic E-state index is 5.86. The van der Waals surface area contributed by atoms with Crippen LogP contribution >= 0.6 is 35.3 Å². The van der Waals surface area contributed by atoms with Gasteiger partial charge in [-0.2, -0.15) is 0 Å². The molecule has 0 aliphatic heterocycles. The Kier molecular flexibility index (Phi) is 6.60. The third-order valence-corrected chi connectivity index (χ3v) is 3.97. The third kappa shape index (κ3) is 5.62. The topological polar surface area (TPSA) is 63.3 Å². The summed E-state index contributed by atoms with van der Waals surface area (Å²) in [6, 6.07) is 9.75. The molecule has 0 amide bonds. The maximum atomic E-state index is 5.86. The second kappa shape index (κ2) is 7.74. The Morgan fingerprint density at radius 2 is 1.95 bits per heavy atom. The van der Waals surface area contributed by atoms with E-state index >= 15 is 0 Å². The number of nitrogens with two attached hydrogens (primary N) is 1. The number of nitrogens with zero attached hydrogens (tertiary/aromatic N) is 2. The lowest BCUT2D eigenvalue weighted by molar-refractivity contribution is 0.583. The van der Waals surface area contributed by atoms with Crippen molar-refractivity contribution < 1.29 is 0 Å². The lowest BCUT2D eigenvalue weighted by Gasteiger charge is -2.13. The van der Waals surface area contributed by atoms with Gasteiger partial charge < -0.3 is 11.1 Å². The van der Waals surface area contributed by atoms with Gasteiger partial charge in [-0.25, -0.2) is 9.98 Å². The van der Waals surface area contributed by atoms with Gasteiger partial charge in [0.1, 0.15) is 0 Å². The molecule has 21 heavy (non-hydrogen) atoms. The molecule has 0 atom stereocenters. The van der Waals surface area contributed by atoms with Gasteiger partial charge in [-0.3, -0.25) is 0 Å². The first-order valence-corrected chi connectivity index (χ1v) is 7.40. The summed E-state index contributed by atoms with van der Waals surface area (Å²) in [7, 11) is 0. The van der Waals surface area contributed by atoms with E-state index in [1.807, 2.05) is 35.7 Å². The lowest BCUT2D eigenvalue weighted by atomic mass is 9.98. The average Bonchev–Trinajstić information content (AvgIpc) is 2.86. The molecule has 1 aromatic heterocycles. The molecule has 2 rings (SSSR count). The average molecular weight is 416 g/mol. The van der Waals surface area contributed by atoms with Crippen LogP contribution in [0.5, 0.6) is 0 Å². The standard InChI is InChI=1S/C15H20N4S.HI/c1-15(2,3)13-18-12(10-20-13)9-17-14(16)19-11-7-5-4-6-8-11;/h4-8,10H,9H2,1-3H3,(H3,16,17,19);1H. The van der Waals surface area contributed by atoms with Crippen molar-refractivity contribution in [3.8, 4) is 0 Å². The van der Waals surface area contributed by atoms with Crippen LogP contribution in [0.1, 0.15) is 31.5 Å². The van der Waals surface area contributed by atoms with Crippen molar-refractivity contribution in [3.05, 3.63) is 46.4 Å². The number of thiazole rings is 1. The molecular formula is C15H21IN4S. The molecule has 0 bridgehead atoms. The Morgan fingerprint density at radius 3 is 2.52 bits per heavy atom.